The fourth-order valence-corrected chi connectivity index (χ4v) is 2.75. The van der Waals surface area contributed by atoms with E-state index < -0.39 is 0 Å². The van der Waals surface area contributed by atoms with E-state index in [1.165, 1.54) is 25.7 Å². The maximum atomic E-state index is 11.0. The van der Waals surface area contributed by atoms with Crippen molar-refractivity contribution in [3.05, 3.63) is 23.9 Å². The molecule has 2 aromatic heterocycles. The number of aromatic nitrogens is 4. The van der Waals surface area contributed by atoms with Crippen LogP contribution in [0.1, 0.15) is 70.8 Å². The molecule has 2 N–H and O–H groups in total. The molecular weight excluding hydrogens is 364 g/mol. The number of pyridine rings is 1. The van der Waals surface area contributed by atoms with Gasteiger partial charge in [0.15, 0.2) is 12.1 Å². The van der Waals surface area contributed by atoms with Gasteiger partial charge in [-0.1, -0.05) is 33.8 Å². The Hall–Kier alpha value is -2.57. The molecule has 2 aliphatic carbocycles. The van der Waals surface area contributed by atoms with Gasteiger partial charge in [-0.3, -0.25) is 4.79 Å². The largest absolute Gasteiger partial charge is 0.354 e. The monoisotopic (exact) mass is 398 g/mol. The molecule has 0 aromatic carbocycles. The summed E-state index contributed by atoms with van der Waals surface area (Å²) in [6.07, 6.45) is 5.75. The second-order valence-electron chi connectivity index (χ2n) is 6.97. The van der Waals surface area contributed by atoms with Gasteiger partial charge in [0.05, 0.1) is 0 Å². The third-order valence-corrected chi connectivity index (χ3v) is 4.69. The SMILES string of the molecule is CC.CC.CC(Nc1nc(NCC2CC2)nc(-c2cccc(C=O)n2)n1)C1CC1. The van der Waals surface area contributed by atoms with Crippen LogP contribution in [0.25, 0.3) is 11.5 Å². The standard InChI is InChI=1S/C18H22N6O.2C2H6/c1-11(13-7-8-13)20-18-23-16(15-4-2-3-14(10-25)21-15)22-17(24-18)19-9-12-5-6-12;2*1-2/h2-4,10-13H,5-9H2,1H3,(H2,19,20,22,23,24);2*1-2H3. The highest BCUT2D eigenvalue weighted by atomic mass is 16.1. The highest BCUT2D eigenvalue weighted by molar-refractivity contribution is 5.73. The van der Waals surface area contributed by atoms with Crippen molar-refractivity contribution in [3.63, 3.8) is 0 Å². The molecule has 7 nitrogen and oxygen atoms in total. The predicted molar refractivity (Wildman–Crippen MR) is 118 cm³/mol. The summed E-state index contributed by atoms with van der Waals surface area (Å²) in [5, 5.41) is 6.69. The Morgan fingerprint density at radius 2 is 1.69 bits per heavy atom. The van der Waals surface area contributed by atoms with E-state index >= 15 is 0 Å². The van der Waals surface area contributed by atoms with Crippen molar-refractivity contribution in [2.45, 2.75) is 66.3 Å². The molecule has 2 aliphatic rings. The van der Waals surface area contributed by atoms with Crippen molar-refractivity contribution in [2.24, 2.45) is 11.8 Å². The molecule has 0 radical (unpaired) electrons. The van der Waals surface area contributed by atoms with Crippen LogP contribution in [-0.4, -0.2) is 38.8 Å². The maximum Gasteiger partial charge on any atom is 0.228 e. The Bertz CT molecular complexity index is 774. The summed E-state index contributed by atoms with van der Waals surface area (Å²) < 4.78 is 0. The van der Waals surface area contributed by atoms with Gasteiger partial charge < -0.3 is 10.6 Å². The van der Waals surface area contributed by atoms with Crippen molar-refractivity contribution in [2.75, 3.05) is 17.2 Å². The number of hydrogen-bond donors (Lipinski definition) is 2. The lowest BCUT2D eigenvalue weighted by atomic mass is 10.2. The molecule has 2 aromatic rings. The Kier molecular flexibility index (Phi) is 8.96. The molecule has 4 rings (SSSR count). The third kappa shape index (κ3) is 7.07. The van der Waals surface area contributed by atoms with E-state index in [2.05, 4.69) is 37.5 Å². The molecule has 0 spiro atoms. The first-order valence-corrected chi connectivity index (χ1v) is 10.9. The van der Waals surface area contributed by atoms with Crippen molar-refractivity contribution in [1.29, 1.82) is 0 Å². The second kappa shape index (κ2) is 11.4. The quantitative estimate of drug-likeness (QED) is 0.615. The van der Waals surface area contributed by atoms with Gasteiger partial charge in [-0.15, -0.1) is 0 Å². The lowest BCUT2D eigenvalue weighted by Gasteiger charge is -2.14. The van der Waals surface area contributed by atoms with E-state index in [4.69, 9.17) is 0 Å². The normalized spacial score (nSPS) is 15.8. The number of nitrogens with one attached hydrogen (secondary N) is 2. The van der Waals surface area contributed by atoms with Crippen LogP contribution in [0.5, 0.6) is 0 Å². The summed E-state index contributed by atoms with van der Waals surface area (Å²) in [5.41, 5.74) is 0.940. The number of rotatable bonds is 8. The summed E-state index contributed by atoms with van der Waals surface area (Å²) >= 11 is 0. The van der Waals surface area contributed by atoms with Crippen LogP contribution in [0, 0.1) is 11.8 Å². The van der Waals surface area contributed by atoms with Gasteiger partial charge in [-0.05, 0) is 56.6 Å². The lowest BCUT2D eigenvalue weighted by molar-refractivity contribution is 0.111. The average molecular weight is 399 g/mol. The van der Waals surface area contributed by atoms with E-state index in [0.717, 1.165) is 18.7 Å². The lowest BCUT2D eigenvalue weighted by Crippen LogP contribution is -2.20. The first kappa shape index (κ1) is 22.7. The molecule has 2 fully saturated rings. The number of anilines is 2. The zero-order chi connectivity index (χ0) is 21.2. The molecule has 29 heavy (non-hydrogen) atoms. The van der Waals surface area contributed by atoms with Gasteiger partial charge >= 0.3 is 0 Å². The Labute approximate surface area is 174 Å². The zero-order valence-corrected chi connectivity index (χ0v) is 18.3. The van der Waals surface area contributed by atoms with Crippen molar-refractivity contribution < 1.29 is 4.79 Å². The van der Waals surface area contributed by atoms with Gasteiger partial charge in [-0.2, -0.15) is 15.0 Å². The van der Waals surface area contributed by atoms with Crippen molar-refractivity contribution in [1.82, 2.24) is 19.9 Å². The number of carbonyl (C=O) groups is 1. The molecule has 1 unspecified atom stereocenters. The van der Waals surface area contributed by atoms with E-state index in [1.54, 1.807) is 18.2 Å². The minimum Gasteiger partial charge on any atom is -0.354 e. The minimum atomic E-state index is 0.334. The Balaban J connectivity index is 0.000000707. The maximum absolute atomic E-state index is 11.0. The first-order chi connectivity index (χ1) is 14.2. The molecule has 1 atom stereocenters. The molecule has 7 heteroatoms. The predicted octanol–water partition coefficient (Wildman–Crippen LogP) is 4.83. The topological polar surface area (TPSA) is 92.7 Å². The summed E-state index contributed by atoms with van der Waals surface area (Å²) in [4.78, 5) is 28.8. The molecule has 2 saturated carbocycles. The van der Waals surface area contributed by atoms with Gasteiger partial charge in [0.2, 0.25) is 11.9 Å². The average Bonchev–Trinajstić information content (AvgIpc) is 3.68. The van der Waals surface area contributed by atoms with Gasteiger partial charge in [-0.25, -0.2) is 4.98 Å². The van der Waals surface area contributed by atoms with Gasteiger partial charge in [0.25, 0.3) is 0 Å². The summed E-state index contributed by atoms with van der Waals surface area (Å²) in [6, 6.07) is 5.59. The fraction of sp³-hybridized carbons (Fsp3) is 0.591. The van der Waals surface area contributed by atoms with Crippen LogP contribution in [0.3, 0.4) is 0 Å². The zero-order valence-electron chi connectivity index (χ0n) is 18.3. The number of nitrogens with zero attached hydrogens (tertiary/aromatic N) is 4. The number of hydrogen-bond acceptors (Lipinski definition) is 7. The molecule has 0 aliphatic heterocycles. The summed E-state index contributed by atoms with van der Waals surface area (Å²) in [5.74, 6) is 3.00. The van der Waals surface area contributed by atoms with Crippen LogP contribution in [0.2, 0.25) is 0 Å². The van der Waals surface area contributed by atoms with E-state index in [-0.39, 0.29) is 0 Å². The summed E-state index contributed by atoms with van der Waals surface area (Å²) in [6.45, 7) is 11.0. The Morgan fingerprint density at radius 1 is 1.00 bits per heavy atom. The minimum absolute atomic E-state index is 0.334. The molecule has 0 amide bonds. The van der Waals surface area contributed by atoms with Crippen LogP contribution < -0.4 is 10.6 Å². The smallest absolute Gasteiger partial charge is 0.228 e. The number of carbonyl (C=O) groups excluding carboxylic acids is 1. The molecular formula is C22H34N6O. The number of aldehydes is 1. The van der Waals surface area contributed by atoms with Gasteiger partial charge in [0, 0.05) is 12.6 Å². The van der Waals surface area contributed by atoms with Crippen molar-refractivity contribution >= 4 is 18.2 Å². The third-order valence-electron chi connectivity index (χ3n) is 4.69. The van der Waals surface area contributed by atoms with Crippen LogP contribution in [-0.2, 0) is 0 Å². The van der Waals surface area contributed by atoms with Crippen molar-refractivity contribution in [3.8, 4) is 11.5 Å². The highest BCUT2D eigenvalue weighted by Gasteiger charge is 2.28. The second-order valence-corrected chi connectivity index (χ2v) is 6.97. The first-order valence-electron chi connectivity index (χ1n) is 10.9. The molecule has 158 valence electrons. The van der Waals surface area contributed by atoms with E-state index in [0.29, 0.717) is 41.1 Å². The fourth-order valence-electron chi connectivity index (χ4n) is 2.75. The Morgan fingerprint density at radius 3 is 2.31 bits per heavy atom. The highest BCUT2D eigenvalue weighted by Crippen LogP contribution is 2.34. The molecule has 0 saturated heterocycles. The molecule has 0 bridgehead atoms. The van der Waals surface area contributed by atoms with Gasteiger partial charge in [0.1, 0.15) is 11.4 Å². The van der Waals surface area contributed by atoms with E-state index in [1.807, 2.05) is 27.7 Å². The van der Waals surface area contributed by atoms with Crippen LogP contribution >= 0.6 is 0 Å². The van der Waals surface area contributed by atoms with E-state index in [9.17, 15) is 4.79 Å². The summed E-state index contributed by atoms with van der Waals surface area (Å²) in [7, 11) is 0. The van der Waals surface area contributed by atoms with Crippen LogP contribution in [0.15, 0.2) is 18.2 Å². The van der Waals surface area contributed by atoms with Crippen LogP contribution in [0.4, 0.5) is 11.9 Å². The molecule has 2 heterocycles.